The summed E-state index contributed by atoms with van der Waals surface area (Å²) in [6.07, 6.45) is 7.48. The first-order valence-corrected chi connectivity index (χ1v) is 5.60. The fourth-order valence-electron chi connectivity index (χ4n) is 2.98. The lowest BCUT2D eigenvalue weighted by atomic mass is 10.1. The summed E-state index contributed by atoms with van der Waals surface area (Å²) in [5, 5.41) is 3.83. The molecule has 0 amide bonds. The van der Waals surface area contributed by atoms with Crippen LogP contribution < -0.4 is 5.32 Å². The normalized spacial score (nSPS) is 47.2. The van der Waals surface area contributed by atoms with Gasteiger partial charge in [-0.05, 0) is 56.8 Å². The average Bonchev–Trinajstić information content (AvgIpc) is 2.96. The second-order valence-corrected chi connectivity index (χ2v) is 5.14. The smallest absolute Gasteiger partial charge is 0.0101 e. The maximum atomic E-state index is 3.83. The molecule has 1 N–H and O–H groups in total. The molecule has 0 spiro atoms. The van der Waals surface area contributed by atoms with Crippen LogP contribution in [0.5, 0.6) is 0 Å². The number of nitrogens with one attached hydrogen (secondary N) is 1. The van der Waals surface area contributed by atoms with Gasteiger partial charge in [-0.2, -0.15) is 0 Å². The molecule has 0 aromatic carbocycles. The van der Waals surface area contributed by atoms with Gasteiger partial charge in [0.2, 0.25) is 0 Å². The van der Waals surface area contributed by atoms with E-state index in [4.69, 9.17) is 0 Å². The minimum absolute atomic E-state index is 0.814. The number of hydrogen-bond acceptors (Lipinski definition) is 1. The van der Waals surface area contributed by atoms with Crippen molar-refractivity contribution in [1.29, 1.82) is 0 Å². The lowest BCUT2D eigenvalue weighted by molar-refractivity contribution is 0.391. The Balaban J connectivity index is 1.53. The highest BCUT2D eigenvalue weighted by atomic mass is 15.0. The third-order valence-electron chi connectivity index (χ3n) is 4.15. The molecule has 1 nitrogen and oxygen atoms in total. The molecule has 1 heteroatoms. The Hall–Kier alpha value is -0.0400. The fourth-order valence-corrected chi connectivity index (χ4v) is 2.98. The molecule has 3 saturated carbocycles. The Morgan fingerprint density at radius 1 is 1.17 bits per heavy atom. The number of fused-ring (bicyclic) bond motifs is 1. The first-order chi connectivity index (χ1) is 5.84. The van der Waals surface area contributed by atoms with Gasteiger partial charge in [0, 0.05) is 12.1 Å². The van der Waals surface area contributed by atoms with Crippen LogP contribution in [0.4, 0.5) is 0 Å². The Labute approximate surface area is 74.9 Å². The molecule has 3 aliphatic rings. The molecule has 0 aliphatic heterocycles. The molecule has 0 saturated heterocycles. The molecule has 3 fully saturated rings. The zero-order chi connectivity index (χ0) is 8.13. The highest BCUT2D eigenvalue weighted by Gasteiger charge is 2.48. The monoisotopic (exact) mass is 165 g/mol. The topological polar surface area (TPSA) is 12.0 Å². The maximum Gasteiger partial charge on any atom is 0.0101 e. The van der Waals surface area contributed by atoms with Gasteiger partial charge in [-0.3, -0.25) is 0 Å². The van der Waals surface area contributed by atoms with Gasteiger partial charge < -0.3 is 5.32 Å². The highest BCUT2D eigenvalue weighted by Crippen LogP contribution is 2.52. The third-order valence-corrected chi connectivity index (χ3v) is 4.15. The Morgan fingerprint density at radius 2 is 2.00 bits per heavy atom. The fraction of sp³-hybridized carbons (Fsp3) is 1.00. The summed E-state index contributed by atoms with van der Waals surface area (Å²) in [7, 11) is 0. The second kappa shape index (κ2) is 2.47. The minimum atomic E-state index is 0.814. The predicted octanol–water partition coefficient (Wildman–Crippen LogP) is 2.17. The van der Waals surface area contributed by atoms with Crippen molar-refractivity contribution >= 4 is 0 Å². The van der Waals surface area contributed by atoms with Crippen molar-refractivity contribution in [3.8, 4) is 0 Å². The molecule has 3 aliphatic carbocycles. The first kappa shape index (κ1) is 7.37. The van der Waals surface area contributed by atoms with Crippen LogP contribution in [0, 0.1) is 17.8 Å². The van der Waals surface area contributed by atoms with Gasteiger partial charge in [0.15, 0.2) is 0 Å². The first-order valence-electron chi connectivity index (χ1n) is 5.60. The van der Waals surface area contributed by atoms with Crippen molar-refractivity contribution in [2.45, 2.75) is 51.1 Å². The van der Waals surface area contributed by atoms with Crippen LogP contribution in [0.15, 0.2) is 0 Å². The van der Waals surface area contributed by atoms with E-state index < -0.39 is 0 Å². The summed E-state index contributed by atoms with van der Waals surface area (Å²) in [5.74, 6) is 3.25. The van der Waals surface area contributed by atoms with E-state index in [1.807, 2.05) is 0 Å². The second-order valence-electron chi connectivity index (χ2n) is 5.14. The Bertz CT molecular complexity index is 185. The van der Waals surface area contributed by atoms with Gasteiger partial charge in [-0.15, -0.1) is 0 Å². The Morgan fingerprint density at radius 3 is 2.50 bits per heavy atom. The molecule has 3 rings (SSSR count). The molecule has 0 heterocycles. The number of rotatable bonds is 3. The van der Waals surface area contributed by atoms with Gasteiger partial charge >= 0.3 is 0 Å². The summed E-state index contributed by atoms with van der Waals surface area (Å²) < 4.78 is 0. The van der Waals surface area contributed by atoms with E-state index in [9.17, 15) is 0 Å². The summed E-state index contributed by atoms with van der Waals surface area (Å²) in [5.41, 5.74) is 0. The summed E-state index contributed by atoms with van der Waals surface area (Å²) in [6.45, 7) is 2.38. The van der Waals surface area contributed by atoms with E-state index in [1.54, 1.807) is 0 Å². The van der Waals surface area contributed by atoms with Gasteiger partial charge in [0.25, 0.3) is 0 Å². The van der Waals surface area contributed by atoms with E-state index in [2.05, 4.69) is 12.2 Å². The van der Waals surface area contributed by atoms with Crippen LogP contribution in [-0.2, 0) is 0 Å². The quantitative estimate of drug-likeness (QED) is 0.676. The largest absolute Gasteiger partial charge is 0.311 e. The van der Waals surface area contributed by atoms with Crippen LogP contribution in [0.1, 0.15) is 39.0 Å². The van der Waals surface area contributed by atoms with Crippen LogP contribution in [-0.4, -0.2) is 12.1 Å². The van der Waals surface area contributed by atoms with Crippen LogP contribution in [0.2, 0.25) is 0 Å². The van der Waals surface area contributed by atoms with E-state index in [1.165, 1.54) is 32.1 Å². The van der Waals surface area contributed by atoms with Crippen molar-refractivity contribution in [3.05, 3.63) is 0 Å². The van der Waals surface area contributed by atoms with E-state index in [0.717, 1.165) is 29.8 Å². The van der Waals surface area contributed by atoms with Gasteiger partial charge in [0.1, 0.15) is 0 Å². The minimum Gasteiger partial charge on any atom is -0.311 e. The molecule has 0 aromatic rings. The van der Waals surface area contributed by atoms with Crippen molar-refractivity contribution in [3.63, 3.8) is 0 Å². The molecular weight excluding hydrogens is 146 g/mol. The van der Waals surface area contributed by atoms with Crippen molar-refractivity contribution in [2.75, 3.05) is 0 Å². The number of hydrogen-bond donors (Lipinski definition) is 1. The van der Waals surface area contributed by atoms with Gasteiger partial charge in [-0.25, -0.2) is 0 Å². The molecule has 0 bridgehead atoms. The summed E-state index contributed by atoms with van der Waals surface area (Å²) >= 11 is 0. The lowest BCUT2D eigenvalue weighted by Gasteiger charge is -2.20. The predicted molar refractivity (Wildman–Crippen MR) is 49.9 cm³/mol. The SMILES string of the molecule is CC(NC1CCC2CC21)C1CC1. The molecule has 0 radical (unpaired) electrons. The molecule has 0 aromatic heterocycles. The molecular formula is C11H19N. The van der Waals surface area contributed by atoms with Crippen LogP contribution in [0.25, 0.3) is 0 Å². The summed E-state index contributed by atoms with van der Waals surface area (Å²) in [6, 6.07) is 1.72. The molecule has 12 heavy (non-hydrogen) atoms. The van der Waals surface area contributed by atoms with E-state index in [-0.39, 0.29) is 0 Å². The van der Waals surface area contributed by atoms with Crippen LogP contribution >= 0.6 is 0 Å². The highest BCUT2D eigenvalue weighted by molar-refractivity contribution is 5.02. The molecule has 68 valence electrons. The van der Waals surface area contributed by atoms with E-state index >= 15 is 0 Å². The van der Waals surface area contributed by atoms with Crippen molar-refractivity contribution in [1.82, 2.24) is 5.32 Å². The standard InChI is InChI=1S/C11H19N/c1-7(8-2-3-8)12-11-5-4-9-6-10(9)11/h7-12H,2-6H2,1H3. The molecule has 4 unspecified atom stereocenters. The van der Waals surface area contributed by atoms with E-state index in [0.29, 0.717) is 0 Å². The van der Waals surface area contributed by atoms with Gasteiger partial charge in [0.05, 0.1) is 0 Å². The van der Waals surface area contributed by atoms with Crippen molar-refractivity contribution < 1.29 is 0 Å². The maximum absolute atomic E-state index is 3.83. The van der Waals surface area contributed by atoms with Crippen LogP contribution in [0.3, 0.4) is 0 Å². The third kappa shape index (κ3) is 1.19. The van der Waals surface area contributed by atoms with Crippen molar-refractivity contribution in [2.24, 2.45) is 17.8 Å². The zero-order valence-corrected chi connectivity index (χ0v) is 7.92. The Kier molecular flexibility index (Phi) is 1.52. The summed E-state index contributed by atoms with van der Waals surface area (Å²) in [4.78, 5) is 0. The average molecular weight is 165 g/mol. The van der Waals surface area contributed by atoms with Gasteiger partial charge in [-0.1, -0.05) is 0 Å². The lowest BCUT2D eigenvalue weighted by Crippen LogP contribution is -2.37. The molecule has 4 atom stereocenters. The zero-order valence-electron chi connectivity index (χ0n) is 7.92.